The molecule has 0 atom stereocenters. The lowest BCUT2D eigenvalue weighted by molar-refractivity contribution is 0.627. The summed E-state index contributed by atoms with van der Waals surface area (Å²) in [5.74, 6) is -0.194. The number of thiazole rings is 1. The minimum absolute atomic E-state index is 0.194. The number of hydrogen-bond acceptors (Lipinski definition) is 3. The van der Waals surface area contributed by atoms with Gasteiger partial charge in [0.15, 0.2) is 5.13 Å². The molecule has 1 aromatic carbocycles. The number of anilines is 1. The Labute approximate surface area is 98.2 Å². The zero-order valence-corrected chi connectivity index (χ0v) is 10.1. The maximum atomic E-state index is 12.7. The third-order valence-electron chi connectivity index (χ3n) is 2.38. The fourth-order valence-corrected chi connectivity index (χ4v) is 2.44. The largest absolute Gasteiger partial charge is 0.365 e. The molecule has 1 aromatic heterocycles. The van der Waals surface area contributed by atoms with Gasteiger partial charge in [0.1, 0.15) is 5.82 Å². The first kappa shape index (κ1) is 11.1. The second-order valence-corrected chi connectivity index (χ2v) is 4.66. The predicted octanol–water partition coefficient (Wildman–Crippen LogP) is 3.22. The third kappa shape index (κ3) is 2.39. The van der Waals surface area contributed by atoms with Gasteiger partial charge in [-0.1, -0.05) is 12.1 Å². The number of aryl methyl sites for hydroxylation is 1. The summed E-state index contributed by atoms with van der Waals surface area (Å²) in [4.78, 5) is 5.59. The summed E-state index contributed by atoms with van der Waals surface area (Å²) in [6.45, 7) is 2.00. The lowest BCUT2D eigenvalue weighted by Crippen LogP contribution is -1.88. The molecular formula is C12H13FN2S. The van der Waals surface area contributed by atoms with Crippen LogP contribution in [0.3, 0.4) is 0 Å². The molecule has 0 fully saturated rings. The van der Waals surface area contributed by atoms with E-state index in [4.69, 9.17) is 0 Å². The number of rotatable bonds is 3. The highest BCUT2D eigenvalue weighted by Gasteiger charge is 2.07. The van der Waals surface area contributed by atoms with Crippen LogP contribution in [-0.4, -0.2) is 12.0 Å². The van der Waals surface area contributed by atoms with E-state index < -0.39 is 0 Å². The molecule has 1 heterocycles. The van der Waals surface area contributed by atoms with Crippen molar-refractivity contribution in [3.8, 4) is 0 Å². The van der Waals surface area contributed by atoms with Crippen molar-refractivity contribution in [2.75, 3.05) is 12.4 Å². The molecular weight excluding hydrogens is 223 g/mol. The summed E-state index contributed by atoms with van der Waals surface area (Å²) < 4.78 is 12.7. The summed E-state index contributed by atoms with van der Waals surface area (Å²) in [5, 5.41) is 3.96. The minimum Gasteiger partial charge on any atom is -0.365 e. The lowest BCUT2D eigenvalue weighted by Gasteiger charge is -1.99. The quantitative estimate of drug-likeness (QED) is 0.885. The number of halogens is 1. The third-order valence-corrected chi connectivity index (χ3v) is 3.56. The molecule has 4 heteroatoms. The Hall–Kier alpha value is -1.42. The number of nitrogens with one attached hydrogen (secondary N) is 1. The van der Waals surface area contributed by atoms with Crippen LogP contribution in [0.2, 0.25) is 0 Å². The normalized spacial score (nSPS) is 10.4. The second-order valence-electron chi connectivity index (χ2n) is 3.58. The molecule has 2 nitrogen and oxygen atoms in total. The molecule has 0 spiro atoms. The fourth-order valence-electron chi connectivity index (χ4n) is 1.49. The highest BCUT2D eigenvalue weighted by Crippen LogP contribution is 2.24. The molecule has 0 aliphatic carbocycles. The Morgan fingerprint density at radius 1 is 1.31 bits per heavy atom. The predicted molar refractivity (Wildman–Crippen MR) is 65.6 cm³/mol. The number of hydrogen-bond donors (Lipinski definition) is 1. The molecule has 0 saturated carbocycles. The van der Waals surface area contributed by atoms with Gasteiger partial charge in [0.05, 0.1) is 5.69 Å². The van der Waals surface area contributed by atoms with Crippen molar-refractivity contribution in [2.45, 2.75) is 13.3 Å². The molecule has 0 radical (unpaired) electrons. The van der Waals surface area contributed by atoms with E-state index in [0.717, 1.165) is 22.8 Å². The molecule has 0 bridgehead atoms. The van der Waals surface area contributed by atoms with Gasteiger partial charge >= 0.3 is 0 Å². The second kappa shape index (κ2) is 4.61. The molecule has 2 aromatic rings. The zero-order valence-electron chi connectivity index (χ0n) is 9.25. The molecule has 16 heavy (non-hydrogen) atoms. The summed E-state index contributed by atoms with van der Waals surface area (Å²) in [7, 11) is 1.86. The smallest absolute Gasteiger partial charge is 0.182 e. The van der Waals surface area contributed by atoms with E-state index in [1.165, 1.54) is 17.0 Å². The molecule has 2 rings (SSSR count). The number of aromatic nitrogens is 1. The molecule has 0 unspecified atom stereocenters. The molecule has 1 N–H and O–H groups in total. The monoisotopic (exact) mass is 236 g/mol. The van der Waals surface area contributed by atoms with E-state index in [9.17, 15) is 4.39 Å². The standard InChI is InChI=1S/C12H13FN2S/c1-8-11(16-12(14-2)15-8)7-9-3-5-10(13)6-4-9/h3-6H,7H2,1-2H3,(H,14,15). The van der Waals surface area contributed by atoms with Crippen molar-refractivity contribution in [1.82, 2.24) is 4.98 Å². The summed E-state index contributed by atoms with van der Waals surface area (Å²) in [6, 6.07) is 6.61. The molecule has 0 aliphatic heterocycles. The van der Waals surface area contributed by atoms with Crippen LogP contribution >= 0.6 is 11.3 Å². The van der Waals surface area contributed by atoms with Crippen molar-refractivity contribution in [2.24, 2.45) is 0 Å². The maximum absolute atomic E-state index is 12.7. The Morgan fingerprint density at radius 2 is 2.00 bits per heavy atom. The van der Waals surface area contributed by atoms with Crippen LogP contribution in [0.15, 0.2) is 24.3 Å². The zero-order chi connectivity index (χ0) is 11.5. The average molecular weight is 236 g/mol. The Morgan fingerprint density at radius 3 is 2.56 bits per heavy atom. The van der Waals surface area contributed by atoms with Gasteiger partial charge in [-0.2, -0.15) is 0 Å². The van der Waals surface area contributed by atoms with Crippen LogP contribution in [0.25, 0.3) is 0 Å². The number of benzene rings is 1. The maximum Gasteiger partial charge on any atom is 0.182 e. The van der Waals surface area contributed by atoms with E-state index in [1.807, 2.05) is 26.1 Å². The highest BCUT2D eigenvalue weighted by atomic mass is 32.1. The molecule has 0 saturated heterocycles. The van der Waals surface area contributed by atoms with Crippen LogP contribution in [0, 0.1) is 12.7 Å². The average Bonchev–Trinajstić information content (AvgIpc) is 2.63. The molecule has 0 amide bonds. The first-order chi connectivity index (χ1) is 7.69. The highest BCUT2D eigenvalue weighted by molar-refractivity contribution is 7.15. The van der Waals surface area contributed by atoms with Crippen molar-refractivity contribution < 1.29 is 4.39 Å². The van der Waals surface area contributed by atoms with Gasteiger partial charge in [-0.3, -0.25) is 0 Å². The van der Waals surface area contributed by atoms with Gasteiger partial charge in [0.2, 0.25) is 0 Å². The van der Waals surface area contributed by atoms with E-state index >= 15 is 0 Å². The molecule has 84 valence electrons. The summed E-state index contributed by atoms with van der Waals surface area (Å²) >= 11 is 1.64. The van der Waals surface area contributed by atoms with Gasteiger partial charge < -0.3 is 5.32 Å². The Bertz CT molecular complexity index is 476. The fraction of sp³-hybridized carbons (Fsp3) is 0.250. The van der Waals surface area contributed by atoms with Gasteiger partial charge in [0.25, 0.3) is 0 Å². The van der Waals surface area contributed by atoms with Crippen molar-refractivity contribution in [1.29, 1.82) is 0 Å². The van der Waals surface area contributed by atoms with E-state index in [-0.39, 0.29) is 5.82 Å². The Kier molecular flexibility index (Phi) is 3.19. The van der Waals surface area contributed by atoms with Crippen molar-refractivity contribution in [3.63, 3.8) is 0 Å². The van der Waals surface area contributed by atoms with E-state index in [0.29, 0.717) is 0 Å². The van der Waals surface area contributed by atoms with Crippen LogP contribution in [0.5, 0.6) is 0 Å². The SMILES string of the molecule is CNc1nc(C)c(Cc2ccc(F)cc2)s1. The van der Waals surface area contributed by atoms with Gasteiger partial charge in [-0.25, -0.2) is 9.37 Å². The van der Waals surface area contributed by atoms with Crippen molar-refractivity contribution in [3.05, 3.63) is 46.2 Å². The van der Waals surface area contributed by atoms with E-state index in [2.05, 4.69) is 10.3 Å². The topological polar surface area (TPSA) is 24.9 Å². The molecule has 0 aliphatic rings. The first-order valence-corrected chi connectivity index (χ1v) is 5.89. The first-order valence-electron chi connectivity index (χ1n) is 5.07. The van der Waals surface area contributed by atoms with Gasteiger partial charge in [-0.05, 0) is 24.6 Å². The van der Waals surface area contributed by atoms with E-state index in [1.54, 1.807) is 11.3 Å². The van der Waals surface area contributed by atoms with Crippen LogP contribution in [0.1, 0.15) is 16.1 Å². The van der Waals surface area contributed by atoms with Gasteiger partial charge in [-0.15, -0.1) is 11.3 Å². The number of nitrogens with zero attached hydrogens (tertiary/aromatic N) is 1. The minimum atomic E-state index is -0.194. The van der Waals surface area contributed by atoms with Crippen molar-refractivity contribution >= 4 is 16.5 Å². The lowest BCUT2D eigenvalue weighted by atomic mass is 10.1. The summed E-state index contributed by atoms with van der Waals surface area (Å²) in [5.41, 5.74) is 2.15. The van der Waals surface area contributed by atoms with Crippen LogP contribution in [0.4, 0.5) is 9.52 Å². The Balaban J connectivity index is 2.19. The van der Waals surface area contributed by atoms with Crippen LogP contribution < -0.4 is 5.32 Å². The van der Waals surface area contributed by atoms with Gasteiger partial charge in [0, 0.05) is 18.3 Å². The summed E-state index contributed by atoms with van der Waals surface area (Å²) in [6.07, 6.45) is 0.811. The van der Waals surface area contributed by atoms with Crippen LogP contribution in [-0.2, 0) is 6.42 Å².